The predicted molar refractivity (Wildman–Crippen MR) is 133 cm³/mol. The smallest absolute Gasteiger partial charge is 0.431 e. The van der Waals surface area contributed by atoms with Crippen LogP contribution in [0, 0.1) is 40.4 Å². The summed E-state index contributed by atoms with van der Waals surface area (Å²) >= 11 is 17.4. The Labute approximate surface area is 218 Å². The number of halogens is 3. The summed E-state index contributed by atoms with van der Waals surface area (Å²) < 4.78 is 15.7. The Morgan fingerprint density at radius 1 is 0.971 bits per heavy atom. The van der Waals surface area contributed by atoms with Gasteiger partial charge in [0.05, 0.1) is 6.10 Å². The van der Waals surface area contributed by atoms with Gasteiger partial charge in [-0.15, -0.1) is 0 Å². The van der Waals surface area contributed by atoms with Gasteiger partial charge in [0.25, 0.3) is 0 Å². The molecule has 0 spiro atoms. The molecular formula is C26H39Cl3O5. The summed E-state index contributed by atoms with van der Waals surface area (Å²) in [4.78, 5) is 25.4. The molecule has 0 aromatic rings. The Morgan fingerprint density at radius 2 is 1.68 bits per heavy atom. The largest absolute Gasteiger partial charge is 0.508 e. The second-order valence-corrected chi connectivity index (χ2v) is 14.2. The van der Waals surface area contributed by atoms with Crippen LogP contribution >= 0.6 is 34.8 Å². The second-order valence-electron chi connectivity index (χ2n) is 11.7. The molecule has 4 fully saturated rings. The Balaban J connectivity index is 1.65. The summed E-state index contributed by atoms with van der Waals surface area (Å²) in [6, 6.07) is 0. The van der Waals surface area contributed by atoms with E-state index < -0.39 is 9.95 Å². The van der Waals surface area contributed by atoms with Crippen molar-refractivity contribution in [3.63, 3.8) is 0 Å². The molecule has 0 bridgehead atoms. The van der Waals surface area contributed by atoms with Gasteiger partial charge >= 0.3 is 6.16 Å². The molecule has 0 heterocycles. The maximum Gasteiger partial charge on any atom is 0.508 e. The molecule has 4 rings (SSSR count). The van der Waals surface area contributed by atoms with Gasteiger partial charge in [0.15, 0.2) is 0 Å². The summed E-state index contributed by atoms with van der Waals surface area (Å²) in [5.41, 5.74) is -0.166. The van der Waals surface area contributed by atoms with Crippen molar-refractivity contribution in [1.29, 1.82) is 0 Å². The Hall–Kier alpha value is -0.230. The molecule has 9 atom stereocenters. The minimum atomic E-state index is -1.69. The molecular weight excluding hydrogens is 499 g/mol. The van der Waals surface area contributed by atoms with E-state index in [4.69, 9.17) is 49.0 Å². The molecule has 0 aromatic heterocycles. The van der Waals surface area contributed by atoms with Crippen molar-refractivity contribution < 1.29 is 23.8 Å². The fourth-order valence-electron chi connectivity index (χ4n) is 8.85. The van der Waals surface area contributed by atoms with Gasteiger partial charge in [-0.1, -0.05) is 48.7 Å². The minimum absolute atomic E-state index is 0.00908. The van der Waals surface area contributed by atoms with Crippen LogP contribution in [0.25, 0.3) is 0 Å². The third-order valence-corrected chi connectivity index (χ3v) is 10.3. The second kappa shape index (κ2) is 9.91. The quantitative estimate of drug-likeness (QED) is 0.275. The van der Waals surface area contributed by atoms with Gasteiger partial charge < -0.3 is 14.2 Å². The SMILES string of the molecule is CCOC1CCC2CC[C@H]3[C@@H]4CC[C@H](C(C)=O)[C@@]4(C)CC(OC(=O)OCC(Cl)(Cl)Cl)[C@@H]3[C@@]2(C)C1. The molecule has 5 nitrogen and oxygen atoms in total. The van der Waals surface area contributed by atoms with Crippen molar-refractivity contribution in [2.75, 3.05) is 13.2 Å². The maximum absolute atomic E-state index is 12.8. The number of ether oxygens (including phenoxy) is 3. The van der Waals surface area contributed by atoms with Gasteiger partial charge in [0.1, 0.15) is 18.5 Å². The standard InChI is InChI=1S/C26H39Cl3O5/c1-5-32-17-8-6-16-7-9-18-20-11-10-19(15(2)30)25(20,4)13-21(22(18)24(16,3)12-17)34-23(31)33-14-26(27,28)29/h16-22H,5-14H2,1-4H3/t16?,17?,18-,19+,20-,21?,22+,24-,25+/m0/s1. The first-order chi connectivity index (χ1) is 15.9. The first-order valence-corrected chi connectivity index (χ1v) is 14.0. The topological polar surface area (TPSA) is 61.8 Å². The lowest BCUT2D eigenvalue weighted by molar-refractivity contribution is -0.188. The van der Waals surface area contributed by atoms with Crippen molar-refractivity contribution in [1.82, 2.24) is 0 Å². The number of hydrogen-bond acceptors (Lipinski definition) is 5. The third-order valence-electron chi connectivity index (χ3n) is 9.97. The normalized spacial score (nSPS) is 43.9. The van der Waals surface area contributed by atoms with Gasteiger partial charge in [-0.3, -0.25) is 4.79 Å². The molecule has 194 valence electrons. The number of Topliss-reactive ketones (excluding diaryl/α,β-unsaturated/α-hetero) is 1. The first-order valence-electron chi connectivity index (χ1n) is 12.9. The Morgan fingerprint density at radius 3 is 2.32 bits per heavy atom. The van der Waals surface area contributed by atoms with Crippen LogP contribution in [0.3, 0.4) is 0 Å². The van der Waals surface area contributed by atoms with Gasteiger partial charge in [0.2, 0.25) is 3.79 Å². The van der Waals surface area contributed by atoms with Crippen molar-refractivity contribution in [3.05, 3.63) is 0 Å². The zero-order valence-corrected chi connectivity index (χ0v) is 23.1. The highest BCUT2D eigenvalue weighted by atomic mass is 35.6. The average molecular weight is 538 g/mol. The Kier molecular flexibility index (Phi) is 7.82. The molecule has 0 saturated heterocycles. The van der Waals surface area contributed by atoms with E-state index in [0.29, 0.717) is 30.8 Å². The van der Waals surface area contributed by atoms with Crippen LogP contribution in [-0.4, -0.2) is 41.2 Å². The van der Waals surface area contributed by atoms with Gasteiger partial charge in [0, 0.05) is 18.4 Å². The van der Waals surface area contributed by atoms with Crippen LogP contribution in [0.1, 0.15) is 79.1 Å². The van der Waals surface area contributed by atoms with Gasteiger partial charge in [-0.05, 0) is 93.8 Å². The molecule has 0 radical (unpaired) electrons. The number of hydrogen-bond donors (Lipinski definition) is 0. The number of alkyl halides is 3. The summed E-state index contributed by atoms with van der Waals surface area (Å²) in [6.45, 7) is 8.75. The van der Waals surface area contributed by atoms with Crippen LogP contribution in [-0.2, 0) is 19.0 Å². The molecule has 0 amide bonds. The first kappa shape index (κ1) is 26.8. The van der Waals surface area contributed by atoms with Crippen molar-refractivity contribution in [2.24, 2.45) is 40.4 Å². The highest BCUT2D eigenvalue weighted by Gasteiger charge is 2.65. The predicted octanol–water partition coefficient (Wildman–Crippen LogP) is 7.14. The molecule has 3 unspecified atom stereocenters. The van der Waals surface area contributed by atoms with E-state index >= 15 is 0 Å². The molecule has 4 aliphatic rings. The zero-order chi connectivity index (χ0) is 24.9. The van der Waals surface area contributed by atoms with E-state index in [0.717, 1.165) is 38.5 Å². The lowest BCUT2D eigenvalue weighted by atomic mass is 9.43. The van der Waals surface area contributed by atoms with Crippen molar-refractivity contribution in [3.8, 4) is 0 Å². The maximum atomic E-state index is 12.8. The highest BCUT2D eigenvalue weighted by molar-refractivity contribution is 6.67. The van der Waals surface area contributed by atoms with Crippen LogP contribution in [0.15, 0.2) is 0 Å². The van der Waals surface area contributed by atoms with Crippen LogP contribution in [0.5, 0.6) is 0 Å². The number of rotatable bonds is 5. The van der Waals surface area contributed by atoms with E-state index in [1.807, 2.05) is 0 Å². The van der Waals surface area contributed by atoms with Crippen LogP contribution < -0.4 is 0 Å². The minimum Gasteiger partial charge on any atom is -0.431 e. The Bertz CT molecular complexity index is 785. The fourth-order valence-corrected chi connectivity index (χ4v) is 9.02. The monoisotopic (exact) mass is 536 g/mol. The molecule has 0 aliphatic heterocycles. The lowest BCUT2D eigenvalue weighted by Crippen LogP contribution is -2.60. The summed E-state index contributed by atoms with van der Waals surface area (Å²) in [5.74, 6) is 1.93. The van der Waals surface area contributed by atoms with Crippen molar-refractivity contribution in [2.45, 2.75) is 95.1 Å². The van der Waals surface area contributed by atoms with Gasteiger partial charge in [-0.25, -0.2) is 4.79 Å². The molecule has 34 heavy (non-hydrogen) atoms. The lowest BCUT2D eigenvalue weighted by Gasteiger charge is -2.62. The van der Waals surface area contributed by atoms with E-state index in [-0.39, 0.29) is 47.3 Å². The van der Waals surface area contributed by atoms with E-state index in [1.165, 1.54) is 6.42 Å². The van der Waals surface area contributed by atoms with Crippen molar-refractivity contribution >= 4 is 46.7 Å². The highest BCUT2D eigenvalue weighted by Crippen LogP contribution is 2.68. The molecule has 0 aromatic carbocycles. The summed E-state index contributed by atoms with van der Waals surface area (Å²) in [6.07, 6.45) is 7.32. The zero-order valence-electron chi connectivity index (χ0n) is 20.8. The van der Waals surface area contributed by atoms with E-state index in [1.54, 1.807) is 6.92 Å². The van der Waals surface area contributed by atoms with Crippen LogP contribution in [0.4, 0.5) is 4.79 Å². The number of carbonyl (C=O) groups is 2. The molecule has 8 heteroatoms. The number of fused-ring (bicyclic) bond motifs is 5. The van der Waals surface area contributed by atoms with Crippen LogP contribution in [0.2, 0.25) is 0 Å². The molecule has 0 N–H and O–H groups in total. The molecule has 4 aliphatic carbocycles. The van der Waals surface area contributed by atoms with Gasteiger partial charge in [-0.2, -0.15) is 0 Å². The summed E-state index contributed by atoms with van der Waals surface area (Å²) in [7, 11) is 0. The number of ketones is 1. The number of carbonyl (C=O) groups excluding carboxylic acids is 2. The molecule has 4 saturated carbocycles. The fraction of sp³-hybridized carbons (Fsp3) is 0.923. The van der Waals surface area contributed by atoms with E-state index in [2.05, 4.69) is 20.8 Å². The average Bonchev–Trinajstić information content (AvgIpc) is 3.08. The van der Waals surface area contributed by atoms with E-state index in [9.17, 15) is 9.59 Å². The third kappa shape index (κ3) is 4.97. The summed E-state index contributed by atoms with van der Waals surface area (Å²) in [5, 5.41) is 0.